The maximum Gasteiger partial charge on any atom is 0.141 e. The summed E-state index contributed by atoms with van der Waals surface area (Å²) in [5, 5.41) is 9.51. The zero-order chi connectivity index (χ0) is 54.1. The second-order valence-electron chi connectivity index (χ2n) is 24.9. The van der Waals surface area contributed by atoms with Gasteiger partial charge in [0.25, 0.3) is 0 Å². The van der Waals surface area contributed by atoms with Crippen LogP contribution in [0.3, 0.4) is 0 Å². The largest absolute Gasteiger partial charge is 0.244 e. The third-order valence-corrected chi connectivity index (χ3v) is 43.2. The Balaban J connectivity index is 1.24. The molecule has 1 aromatic heterocycles. The minimum atomic E-state index is -1.93. The van der Waals surface area contributed by atoms with E-state index in [1.807, 2.05) is 0 Å². The van der Waals surface area contributed by atoms with E-state index < -0.39 is 32.3 Å². The molecule has 2 nitrogen and oxygen atoms in total. The van der Waals surface area contributed by atoms with Gasteiger partial charge in [0.1, 0.15) is 32.3 Å². The summed E-state index contributed by atoms with van der Waals surface area (Å²) in [5.41, 5.74) is 28.3. The van der Waals surface area contributed by atoms with E-state index in [1.54, 1.807) is 0 Å². The van der Waals surface area contributed by atoms with E-state index in [9.17, 15) is 0 Å². The van der Waals surface area contributed by atoms with Gasteiger partial charge in [-0.05, 0) is 104 Å². The normalized spacial score (nSPS) is 17.2. The van der Waals surface area contributed by atoms with E-state index in [1.165, 1.54) is 183 Å². The van der Waals surface area contributed by atoms with Gasteiger partial charge in [-0.25, -0.2) is 9.97 Å². The molecule has 4 saturated carbocycles. The van der Waals surface area contributed by atoms with E-state index in [-0.39, 0.29) is 0 Å². The molecule has 6 aromatic carbocycles. The van der Waals surface area contributed by atoms with Crippen molar-refractivity contribution in [3.05, 3.63) is 95.1 Å². The highest BCUT2D eigenvalue weighted by atomic mass is 28.3. The molecule has 0 aliphatic heterocycles. The minimum Gasteiger partial charge on any atom is -0.244 e. The molecule has 0 saturated heterocycles. The van der Waals surface area contributed by atoms with Crippen molar-refractivity contribution in [1.82, 2.24) is 9.97 Å². The lowest BCUT2D eigenvalue weighted by Crippen LogP contribution is -2.36. The fraction of sp³-hybridized carbons (Fsp3) is 0.500. The highest BCUT2D eigenvalue weighted by molar-refractivity contribution is 6.90. The summed E-state index contributed by atoms with van der Waals surface area (Å²) in [4.78, 5) is 11.8. The fourth-order valence-corrected chi connectivity index (χ4v) is 33.1. The third kappa shape index (κ3) is 9.56. The standard InChI is InChI=1S/C72H88N2Si4/c1-9-75(10-2,53-29-17-18-30-53)49-45-61-57-37-25-27-39-59(57)65(47-51-77(13-5,14-6)55-33-21-22-34-55)69-63(61)41-43-67-71(69)73-68-44-42-64-62(46-50-76(11-3,12-4)54-31-19-20-32-54)58-38-26-28-40-60(58)66(70(64)72(68)74-67)48-52-78(15-7,16-8)56-35-23-24-36-56/h25-28,37-44,53-56H,9-24,29-36H2,1-8H3. The van der Waals surface area contributed by atoms with Gasteiger partial charge in [0.05, 0.1) is 22.1 Å². The second kappa shape index (κ2) is 23.3. The van der Waals surface area contributed by atoms with Crippen LogP contribution in [0.5, 0.6) is 0 Å². The van der Waals surface area contributed by atoms with Gasteiger partial charge in [-0.15, -0.1) is 22.2 Å². The van der Waals surface area contributed by atoms with E-state index in [0.717, 1.165) is 77.3 Å². The van der Waals surface area contributed by atoms with Crippen molar-refractivity contribution in [3.8, 4) is 45.9 Å². The van der Waals surface area contributed by atoms with Crippen molar-refractivity contribution < 1.29 is 0 Å². The van der Waals surface area contributed by atoms with Crippen molar-refractivity contribution in [1.29, 1.82) is 0 Å². The molecule has 7 aromatic rings. The minimum absolute atomic E-state index is 0.766. The third-order valence-electron chi connectivity index (χ3n) is 22.1. The number of hydrogen-bond acceptors (Lipinski definition) is 2. The number of rotatable bonds is 12. The summed E-state index contributed by atoms with van der Waals surface area (Å²) in [6.07, 6.45) is 21.6. The molecule has 11 rings (SSSR count). The van der Waals surface area contributed by atoms with Crippen molar-refractivity contribution in [2.45, 2.75) is 229 Å². The molecule has 402 valence electrons. The van der Waals surface area contributed by atoms with Gasteiger partial charge in [0, 0.05) is 43.8 Å². The van der Waals surface area contributed by atoms with Gasteiger partial charge in [0.15, 0.2) is 0 Å². The molecule has 0 radical (unpaired) electrons. The van der Waals surface area contributed by atoms with Crippen LogP contribution in [0.15, 0.2) is 72.8 Å². The van der Waals surface area contributed by atoms with Gasteiger partial charge in [0.2, 0.25) is 0 Å². The SMILES string of the molecule is CC[Si](C#Cc1c2ccccc2c(C#C[Si](CC)(CC)C2CCCC2)c2c1ccc1nc3c(ccc4c(C#C[Si](CC)(CC)C5CCCC5)c5ccccc5c(C#C[Si](CC)(CC)C5CCCC5)c43)nc12)(CC)C1CCCC1. The van der Waals surface area contributed by atoms with Crippen molar-refractivity contribution in [2.24, 2.45) is 0 Å². The second-order valence-corrected chi connectivity index (χ2v) is 44.1. The summed E-state index contributed by atoms with van der Waals surface area (Å²) in [7, 11) is -7.62. The van der Waals surface area contributed by atoms with Crippen LogP contribution in [0.25, 0.3) is 65.2 Å². The van der Waals surface area contributed by atoms with E-state index in [2.05, 4.69) is 174 Å². The first-order valence-corrected chi connectivity index (χ1v) is 41.7. The molecule has 0 bridgehead atoms. The Kier molecular flexibility index (Phi) is 16.4. The Morgan fingerprint density at radius 2 is 0.564 bits per heavy atom. The van der Waals surface area contributed by atoms with Gasteiger partial charge in [-0.1, -0.05) is 242 Å². The van der Waals surface area contributed by atoms with Gasteiger partial charge >= 0.3 is 0 Å². The van der Waals surface area contributed by atoms with Crippen molar-refractivity contribution in [2.75, 3.05) is 0 Å². The summed E-state index contributed by atoms with van der Waals surface area (Å²) in [5.74, 6) is 16.4. The lowest BCUT2D eigenvalue weighted by Gasteiger charge is -2.30. The van der Waals surface area contributed by atoms with E-state index in [0.29, 0.717) is 0 Å². The van der Waals surface area contributed by atoms with Crippen LogP contribution in [0.4, 0.5) is 0 Å². The molecule has 4 fully saturated rings. The highest BCUT2D eigenvalue weighted by Crippen LogP contribution is 2.47. The topological polar surface area (TPSA) is 25.8 Å². The molecule has 4 aliphatic rings. The molecule has 0 atom stereocenters. The van der Waals surface area contributed by atoms with Crippen LogP contribution in [0.2, 0.25) is 70.5 Å². The number of benzene rings is 6. The first-order chi connectivity index (χ1) is 38.2. The molecule has 0 unspecified atom stereocenters. The first-order valence-electron chi connectivity index (χ1n) is 31.8. The van der Waals surface area contributed by atoms with Crippen molar-refractivity contribution in [3.63, 3.8) is 0 Å². The summed E-state index contributed by atoms with van der Waals surface area (Å²) in [6.45, 7) is 19.5. The molecule has 78 heavy (non-hydrogen) atoms. The molecule has 0 amide bonds. The molecule has 6 heteroatoms. The highest BCUT2D eigenvalue weighted by Gasteiger charge is 2.42. The monoisotopic (exact) mass is 1090 g/mol. The Morgan fingerprint density at radius 1 is 0.321 bits per heavy atom. The summed E-state index contributed by atoms with van der Waals surface area (Å²) < 4.78 is 0. The van der Waals surface area contributed by atoms with E-state index >= 15 is 0 Å². The van der Waals surface area contributed by atoms with Gasteiger partial charge in [-0.2, -0.15) is 0 Å². The number of nitrogens with zero attached hydrogens (tertiary/aromatic N) is 2. The lowest BCUT2D eigenvalue weighted by atomic mass is 9.90. The predicted molar refractivity (Wildman–Crippen MR) is 350 cm³/mol. The Labute approximate surface area is 474 Å². The maximum absolute atomic E-state index is 5.92. The number of fused-ring (bicyclic) bond motifs is 8. The first kappa shape index (κ1) is 55.0. The van der Waals surface area contributed by atoms with Crippen LogP contribution in [-0.4, -0.2) is 42.3 Å². The zero-order valence-corrected chi connectivity index (χ0v) is 53.1. The van der Waals surface area contributed by atoms with Gasteiger partial charge < -0.3 is 0 Å². The average molecular weight is 1090 g/mol. The fourth-order valence-electron chi connectivity index (χ4n) is 16.7. The van der Waals surface area contributed by atoms with Crippen LogP contribution >= 0.6 is 0 Å². The molecular formula is C72H88N2Si4. The zero-order valence-electron chi connectivity index (χ0n) is 49.1. The van der Waals surface area contributed by atoms with E-state index in [4.69, 9.17) is 9.97 Å². The summed E-state index contributed by atoms with van der Waals surface area (Å²) in [6, 6.07) is 37.2. The van der Waals surface area contributed by atoms with Crippen LogP contribution in [-0.2, 0) is 0 Å². The molecule has 1 heterocycles. The average Bonchev–Trinajstić information content (AvgIpc) is 4.41. The number of aromatic nitrogens is 2. The maximum atomic E-state index is 5.92. The van der Waals surface area contributed by atoms with Crippen molar-refractivity contribution >= 4 is 97.5 Å². The Bertz CT molecular complexity index is 3410. The smallest absolute Gasteiger partial charge is 0.141 e. The van der Waals surface area contributed by atoms with Crippen LogP contribution in [0, 0.1) is 45.9 Å². The van der Waals surface area contributed by atoms with Crippen LogP contribution < -0.4 is 0 Å². The quantitative estimate of drug-likeness (QED) is 0.0527. The summed E-state index contributed by atoms with van der Waals surface area (Å²) >= 11 is 0. The van der Waals surface area contributed by atoms with Gasteiger partial charge in [-0.3, -0.25) is 0 Å². The Morgan fingerprint density at radius 3 is 0.821 bits per heavy atom. The molecule has 0 spiro atoms. The Hall–Kier alpha value is -4.93. The van der Waals surface area contributed by atoms with Crippen LogP contribution in [0.1, 0.15) is 180 Å². The molecule has 0 N–H and O–H groups in total. The molecule has 4 aliphatic carbocycles. The predicted octanol–water partition coefficient (Wildman–Crippen LogP) is 20.7. The lowest BCUT2D eigenvalue weighted by molar-refractivity contribution is 0.827. The number of hydrogen-bond donors (Lipinski definition) is 0. The molecular weight excluding hydrogens is 1010 g/mol.